The van der Waals surface area contributed by atoms with Crippen molar-refractivity contribution in [3.05, 3.63) is 46.6 Å². The number of aromatic nitrogens is 1. The molecule has 0 bridgehead atoms. The highest BCUT2D eigenvalue weighted by Crippen LogP contribution is 2.35. The summed E-state index contributed by atoms with van der Waals surface area (Å²) in [6.45, 7) is 6.17. The van der Waals surface area contributed by atoms with Gasteiger partial charge in [0, 0.05) is 28.8 Å². The van der Waals surface area contributed by atoms with Crippen molar-refractivity contribution in [1.82, 2.24) is 10.3 Å². The Kier molecular flexibility index (Phi) is 8.01. The molecule has 136 valence electrons. The van der Waals surface area contributed by atoms with E-state index in [0.717, 1.165) is 34.5 Å². The van der Waals surface area contributed by atoms with Crippen LogP contribution in [0.5, 0.6) is 17.4 Å². The van der Waals surface area contributed by atoms with Gasteiger partial charge in [0.05, 0.1) is 19.8 Å². The number of nitrogens with zero attached hydrogens (tertiary/aromatic N) is 1. The molecule has 1 N–H and O–H groups in total. The summed E-state index contributed by atoms with van der Waals surface area (Å²) in [5, 5.41) is 3.42. The fraction of sp³-hybridized carbons (Fsp3) is 0.421. The van der Waals surface area contributed by atoms with E-state index in [1.807, 2.05) is 38.1 Å². The number of hydrogen-bond donors (Lipinski definition) is 1. The lowest BCUT2D eigenvalue weighted by Gasteiger charge is -2.18. The van der Waals surface area contributed by atoms with E-state index in [-0.39, 0.29) is 6.10 Å². The molecule has 0 unspecified atom stereocenters. The number of halogens is 1. The van der Waals surface area contributed by atoms with Crippen molar-refractivity contribution in [3.8, 4) is 17.4 Å². The van der Waals surface area contributed by atoms with Gasteiger partial charge in [0.25, 0.3) is 0 Å². The van der Waals surface area contributed by atoms with Crippen molar-refractivity contribution < 1.29 is 14.2 Å². The van der Waals surface area contributed by atoms with Gasteiger partial charge in [-0.2, -0.15) is 0 Å². The van der Waals surface area contributed by atoms with Crippen LogP contribution in [-0.4, -0.2) is 31.3 Å². The van der Waals surface area contributed by atoms with Gasteiger partial charge in [0.1, 0.15) is 0 Å². The monoisotopic (exact) mass is 408 g/mol. The lowest BCUT2D eigenvalue weighted by atomic mass is 10.1. The Hall–Kier alpha value is -1.79. The number of rotatable bonds is 10. The Labute approximate surface area is 157 Å². The van der Waals surface area contributed by atoms with Gasteiger partial charge in [0.2, 0.25) is 5.88 Å². The SMILES string of the molecule is COc1cc(Br)cc(CNCCCOc2ccccn2)c1OC(C)C. The highest BCUT2D eigenvalue weighted by Gasteiger charge is 2.14. The minimum Gasteiger partial charge on any atom is -0.493 e. The van der Waals surface area contributed by atoms with Crippen LogP contribution < -0.4 is 19.5 Å². The summed E-state index contributed by atoms with van der Waals surface area (Å²) >= 11 is 3.52. The average molecular weight is 409 g/mol. The molecule has 0 aliphatic rings. The lowest BCUT2D eigenvalue weighted by Crippen LogP contribution is -2.18. The largest absolute Gasteiger partial charge is 0.493 e. The maximum Gasteiger partial charge on any atom is 0.213 e. The molecule has 6 heteroatoms. The van der Waals surface area contributed by atoms with Crippen LogP contribution in [-0.2, 0) is 6.54 Å². The van der Waals surface area contributed by atoms with Gasteiger partial charge in [-0.15, -0.1) is 0 Å². The first-order chi connectivity index (χ1) is 12.1. The molecule has 0 radical (unpaired) electrons. The molecule has 0 spiro atoms. The normalized spacial score (nSPS) is 10.8. The fourth-order valence-electron chi connectivity index (χ4n) is 2.30. The zero-order valence-corrected chi connectivity index (χ0v) is 16.5. The third-order valence-electron chi connectivity index (χ3n) is 3.37. The molecule has 1 aromatic heterocycles. The molecule has 2 aromatic rings. The Bertz CT molecular complexity index is 651. The Morgan fingerprint density at radius 2 is 2.08 bits per heavy atom. The third kappa shape index (κ3) is 6.55. The zero-order valence-electron chi connectivity index (χ0n) is 14.9. The van der Waals surface area contributed by atoms with Crippen LogP contribution in [0.4, 0.5) is 0 Å². The van der Waals surface area contributed by atoms with Gasteiger partial charge in [-0.05, 0) is 45.0 Å². The molecule has 1 heterocycles. The first-order valence-electron chi connectivity index (χ1n) is 8.37. The summed E-state index contributed by atoms with van der Waals surface area (Å²) in [7, 11) is 1.65. The van der Waals surface area contributed by atoms with Gasteiger partial charge < -0.3 is 19.5 Å². The van der Waals surface area contributed by atoms with Gasteiger partial charge >= 0.3 is 0 Å². The van der Waals surface area contributed by atoms with E-state index in [4.69, 9.17) is 14.2 Å². The van der Waals surface area contributed by atoms with Gasteiger partial charge in [-0.3, -0.25) is 0 Å². The summed E-state index contributed by atoms with van der Waals surface area (Å²) < 4.78 is 17.9. The van der Waals surface area contributed by atoms with Gasteiger partial charge in [-0.25, -0.2) is 4.98 Å². The molecule has 0 saturated heterocycles. The predicted molar refractivity (Wildman–Crippen MR) is 103 cm³/mol. The minimum absolute atomic E-state index is 0.0839. The highest BCUT2D eigenvalue weighted by molar-refractivity contribution is 9.10. The standard InChI is InChI=1S/C19H25BrN2O3/c1-14(2)25-19-15(11-16(20)12-17(19)23-3)13-21-8-6-10-24-18-7-4-5-9-22-18/h4-5,7,9,11-12,14,21H,6,8,10,13H2,1-3H3. The number of hydrogen-bond acceptors (Lipinski definition) is 5. The van der Waals surface area contributed by atoms with E-state index in [9.17, 15) is 0 Å². The summed E-state index contributed by atoms with van der Waals surface area (Å²) in [5.41, 5.74) is 1.06. The van der Waals surface area contributed by atoms with Crippen LogP contribution in [0.15, 0.2) is 41.0 Å². The molecule has 0 aliphatic heterocycles. The molecule has 0 fully saturated rings. The molecule has 0 atom stereocenters. The third-order valence-corrected chi connectivity index (χ3v) is 3.83. The second-order valence-corrected chi connectivity index (χ2v) is 6.73. The van der Waals surface area contributed by atoms with Crippen LogP contribution in [0.3, 0.4) is 0 Å². The molecule has 25 heavy (non-hydrogen) atoms. The van der Waals surface area contributed by atoms with Crippen LogP contribution >= 0.6 is 15.9 Å². The molecular formula is C19H25BrN2O3. The van der Waals surface area contributed by atoms with E-state index in [1.54, 1.807) is 13.3 Å². The number of pyridine rings is 1. The van der Waals surface area contributed by atoms with Gasteiger partial charge in [-0.1, -0.05) is 22.0 Å². The van der Waals surface area contributed by atoms with Gasteiger partial charge in [0.15, 0.2) is 11.5 Å². The zero-order chi connectivity index (χ0) is 18.1. The Balaban J connectivity index is 1.84. The van der Waals surface area contributed by atoms with E-state index in [0.29, 0.717) is 19.0 Å². The van der Waals surface area contributed by atoms with Crippen LogP contribution in [0.1, 0.15) is 25.8 Å². The van der Waals surface area contributed by atoms with E-state index in [2.05, 4.69) is 32.3 Å². The second kappa shape index (κ2) is 10.3. The summed E-state index contributed by atoms with van der Waals surface area (Å²) in [5.74, 6) is 2.18. The average Bonchev–Trinajstić information content (AvgIpc) is 2.60. The molecular weight excluding hydrogens is 384 g/mol. The van der Waals surface area contributed by atoms with Crippen molar-refractivity contribution in [2.75, 3.05) is 20.3 Å². The highest BCUT2D eigenvalue weighted by atomic mass is 79.9. The van der Waals surface area contributed by atoms with Crippen molar-refractivity contribution >= 4 is 15.9 Å². The topological polar surface area (TPSA) is 52.6 Å². The lowest BCUT2D eigenvalue weighted by molar-refractivity contribution is 0.227. The summed E-state index contributed by atoms with van der Waals surface area (Å²) in [4.78, 5) is 4.13. The number of ether oxygens (including phenoxy) is 3. The molecule has 0 amide bonds. The van der Waals surface area contributed by atoms with E-state index < -0.39 is 0 Å². The number of nitrogens with one attached hydrogen (secondary N) is 1. The Morgan fingerprint density at radius 1 is 1.24 bits per heavy atom. The van der Waals surface area contributed by atoms with Crippen molar-refractivity contribution in [1.29, 1.82) is 0 Å². The maximum atomic E-state index is 5.94. The molecule has 2 rings (SSSR count). The minimum atomic E-state index is 0.0839. The smallest absolute Gasteiger partial charge is 0.213 e. The maximum absolute atomic E-state index is 5.94. The van der Waals surface area contributed by atoms with Crippen LogP contribution in [0.25, 0.3) is 0 Å². The predicted octanol–water partition coefficient (Wildman–Crippen LogP) is 4.20. The quantitative estimate of drug-likeness (QED) is 0.597. The number of benzene rings is 1. The summed E-state index contributed by atoms with van der Waals surface area (Å²) in [6.07, 6.45) is 2.70. The van der Waals surface area contributed by atoms with Crippen molar-refractivity contribution in [2.45, 2.75) is 32.9 Å². The van der Waals surface area contributed by atoms with Crippen molar-refractivity contribution in [3.63, 3.8) is 0 Å². The first-order valence-corrected chi connectivity index (χ1v) is 9.17. The Morgan fingerprint density at radius 3 is 2.76 bits per heavy atom. The number of methoxy groups -OCH3 is 1. The molecule has 5 nitrogen and oxygen atoms in total. The van der Waals surface area contributed by atoms with E-state index >= 15 is 0 Å². The van der Waals surface area contributed by atoms with E-state index in [1.165, 1.54) is 0 Å². The fourth-order valence-corrected chi connectivity index (χ4v) is 2.79. The molecule has 0 aliphatic carbocycles. The summed E-state index contributed by atoms with van der Waals surface area (Å²) in [6, 6.07) is 9.62. The first kappa shape index (κ1) is 19.5. The second-order valence-electron chi connectivity index (χ2n) is 5.81. The molecule has 0 saturated carbocycles. The molecule has 1 aromatic carbocycles. The van der Waals surface area contributed by atoms with Crippen molar-refractivity contribution in [2.24, 2.45) is 0 Å². The van der Waals surface area contributed by atoms with Crippen LogP contribution in [0, 0.1) is 0 Å². The van der Waals surface area contributed by atoms with Crippen LogP contribution in [0.2, 0.25) is 0 Å².